The topological polar surface area (TPSA) is 12.9 Å². The van der Waals surface area contributed by atoms with Crippen LogP contribution >= 0.6 is 11.6 Å². The monoisotopic (exact) mass is 207 g/mol. The van der Waals surface area contributed by atoms with Gasteiger partial charge in [0.1, 0.15) is 0 Å². The molecule has 0 bridgehead atoms. The summed E-state index contributed by atoms with van der Waals surface area (Å²) in [5.41, 5.74) is 3.91. The Labute approximate surface area is 89.8 Å². The molecule has 1 aliphatic carbocycles. The predicted molar refractivity (Wildman–Crippen MR) is 60.4 cm³/mol. The van der Waals surface area contributed by atoms with Gasteiger partial charge in [-0.25, -0.2) is 0 Å². The average molecular weight is 208 g/mol. The molecule has 0 saturated heterocycles. The predicted octanol–water partition coefficient (Wildman–Crippen LogP) is 3.56. The third-order valence-corrected chi connectivity index (χ3v) is 3.04. The molecule has 0 radical (unpaired) electrons. The first-order valence-electron chi connectivity index (χ1n) is 5.03. The maximum Gasteiger partial charge on any atom is 0.0522 e. The van der Waals surface area contributed by atoms with Gasteiger partial charge in [-0.1, -0.05) is 6.08 Å². The van der Waals surface area contributed by atoms with Gasteiger partial charge in [-0.3, -0.25) is 4.98 Å². The summed E-state index contributed by atoms with van der Waals surface area (Å²) in [5.74, 6) is 0. The van der Waals surface area contributed by atoms with Crippen LogP contribution in [0.15, 0.2) is 24.5 Å². The zero-order valence-electron chi connectivity index (χ0n) is 8.33. The number of allylic oxidation sites excluding steroid dienone is 2. The number of hydrogen-bond acceptors (Lipinski definition) is 1. The summed E-state index contributed by atoms with van der Waals surface area (Å²) in [6.07, 6.45) is 9.38. The second kappa shape index (κ2) is 4.14. The maximum absolute atomic E-state index is 6.12. The molecule has 0 spiro atoms. The van der Waals surface area contributed by atoms with Crippen LogP contribution in [0.4, 0.5) is 0 Å². The molecule has 0 aliphatic heterocycles. The third kappa shape index (κ3) is 1.98. The fourth-order valence-electron chi connectivity index (χ4n) is 1.90. The van der Waals surface area contributed by atoms with E-state index in [0.29, 0.717) is 0 Å². The molecule has 1 nitrogen and oxygen atoms in total. The van der Waals surface area contributed by atoms with Crippen LogP contribution in [0.25, 0.3) is 5.57 Å². The van der Waals surface area contributed by atoms with E-state index in [4.69, 9.17) is 11.6 Å². The van der Waals surface area contributed by atoms with Crippen molar-refractivity contribution in [3.05, 3.63) is 35.7 Å². The summed E-state index contributed by atoms with van der Waals surface area (Å²) in [4.78, 5) is 4.16. The molecular weight excluding hydrogens is 194 g/mol. The molecule has 0 saturated carbocycles. The van der Waals surface area contributed by atoms with Crippen molar-refractivity contribution in [3.63, 3.8) is 0 Å². The van der Waals surface area contributed by atoms with Gasteiger partial charge in [0.2, 0.25) is 0 Å². The van der Waals surface area contributed by atoms with E-state index in [2.05, 4.69) is 18.0 Å². The van der Waals surface area contributed by atoms with Crippen LogP contribution in [0.5, 0.6) is 0 Å². The molecule has 1 unspecified atom stereocenters. The molecule has 1 aromatic rings. The lowest BCUT2D eigenvalue weighted by atomic mass is 9.92. The smallest absolute Gasteiger partial charge is 0.0522 e. The van der Waals surface area contributed by atoms with Crippen molar-refractivity contribution in [3.8, 4) is 0 Å². The van der Waals surface area contributed by atoms with Crippen LogP contribution in [-0.2, 0) is 0 Å². The van der Waals surface area contributed by atoms with Gasteiger partial charge >= 0.3 is 0 Å². The number of hydrogen-bond donors (Lipinski definition) is 0. The minimum Gasteiger partial charge on any atom is -0.264 e. The molecule has 2 heteroatoms. The van der Waals surface area contributed by atoms with Gasteiger partial charge in [-0.05, 0) is 49.0 Å². The first-order valence-corrected chi connectivity index (χ1v) is 5.47. The lowest BCUT2D eigenvalue weighted by molar-refractivity contribution is 0.747. The first kappa shape index (κ1) is 9.72. The number of pyridine rings is 1. The van der Waals surface area contributed by atoms with Crippen LogP contribution in [-0.4, -0.2) is 10.4 Å². The van der Waals surface area contributed by atoms with Crippen molar-refractivity contribution in [2.45, 2.75) is 31.6 Å². The number of aromatic nitrogens is 1. The quantitative estimate of drug-likeness (QED) is 0.642. The molecule has 0 amide bonds. The van der Waals surface area contributed by atoms with Crippen molar-refractivity contribution in [1.29, 1.82) is 0 Å². The highest BCUT2D eigenvalue weighted by molar-refractivity contribution is 6.22. The van der Waals surface area contributed by atoms with Crippen molar-refractivity contribution < 1.29 is 0 Å². The van der Waals surface area contributed by atoms with Gasteiger partial charge < -0.3 is 0 Å². The molecule has 14 heavy (non-hydrogen) atoms. The Balaban J connectivity index is 2.35. The molecule has 0 aromatic carbocycles. The molecule has 1 atom stereocenters. The summed E-state index contributed by atoms with van der Waals surface area (Å²) in [6.45, 7) is 2.12. The molecule has 74 valence electrons. The second-order valence-electron chi connectivity index (χ2n) is 3.79. The maximum atomic E-state index is 6.12. The van der Waals surface area contributed by atoms with Crippen LogP contribution in [0.2, 0.25) is 0 Å². The standard InChI is InChI=1S/C12H14ClN/c1-9-5-6-14-8-12(9)10-3-2-4-11(13)7-10/h5-8,11H,2-4H2,1H3. The Morgan fingerprint density at radius 1 is 1.50 bits per heavy atom. The Hall–Kier alpha value is -0.820. The number of halogens is 1. The number of rotatable bonds is 1. The largest absolute Gasteiger partial charge is 0.264 e. The Kier molecular flexibility index (Phi) is 2.87. The molecule has 0 fully saturated rings. The Morgan fingerprint density at radius 2 is 2.36 bits per heavy atom. The van der Waals surface area contributed by atoms with E-state index >= 15 is 0 Å². The van der Waals surface area contributed by atoms with E-state index in [9.17, 15) is 0 Å². The van der Waals surface area contributed by atoms with E-state index in [1.807, 2.05) is 18.5 Å². The van der Waals surface area contributed by atoms with Crippen molar-refractivity contribution >= 4 is 17.2 Å². The lowest BCUT2D eigenvalue weighted by Gasteiger charge is -2.17. The summed E-state index contributed by atoms with van der Waals surface area (Å²) in [5, 5.41) is 0.207. The fourth-order valence-corrected chi connectivity index (χ4v) is 2.20. The van der Waals surface area contributed by atoms with Crippen molar-refractivity contribution in [2.24, 2.45) is 0 Å². The molecule has 2 rings (SSSR count). The average Bonchev–Trinajstić information content (AvgIpc) is 2.18. The second-order valence-corrected chi connectivity index (χ2v) is 4.35. The molecule has 1 heterocycles. The summed E-state index contributed by atoms with van der Waals surface area (Å²) >= 11 is 6.12. The lowest BCUT2D eigenvalue weighted by Crippen LogP contribution is -2.03. The summed E-state index contributed by atoms with van der Waals surface area (Å²) in [7, 11) is 0. The van der Waals surface area contributed by atoms with E-state index in [-0.39, 0.29) is 5.38 Å². The van der Waals surface area contributed by atoms with Crippen molar-refractivity contribution in [1.82, 2.24) is 4.98 Å². The fraction of sp³-hybridized carbons (Fsp3) is 0.417. The highest BCUT2D eigenvalue weighted by Crippen LogP contribution is 2.30. The Morgan fingerprint density at radius 3 is 3.07 bits per heavy atom. The Bertz CT molecular complexity index is 357. The van der Waals surface area contributed by atoms with Crippen LogP contribution in [0.1, 0.15) is 30.4 Å². The van der Waals surface area contributed by atoms with Gasteiger partial charge in [-0.2, -0.15) is 0 Å². The normalized spacial score (nSPS) is 21.9. The molecule has 1 aliphatic rings. The van der Waals surface area contributed by atoms with E-state index in [1.165, 1.54) is 23.1 Å². The summed E-state index contributed by atoms with van der Waals surface area (Å²) < 4.78 is 0. The molecule has 0 N–H and O–H groups in total. The van der Waals surface area contributed by atoms with Gasteiger partial charge in [-0.15, -0.1) is 11.6 Å². The van der Waals surface area contributed by atoms with Gasteiger partial charge in [0.15, 0.2) is 0 Å². The van der Waals surface area contributed by atoms with E-state index < -0.39 is 0 Å². The SMILES string of the molecule is Cc1ccncc1C1=CC(Cl)CCC1. The van der Waals surface area contributed by atoms with E-state index in [0.717, 1.165) is 12.8 Å². The molecular formula is C12H14ClN. The highest BCUT2D eigenvalue weighted by atomic mass is 35.5. The third-order valence-electron chi connectivity index (χ3n) is 2.69. The zero-order chi connectivity index (χ0) is 9.97. The van der Waals surface area contributed by atoms with Gasteiger partial charge in [0.25, 0.3) is 0 Å². The zero-order valence-corrected chi connectivity index (χ0v) is 9.09. The number of alkyl halides is 1. The number of nitrogens with zero attached hydrogens (tertiary/aromatic N) is 1. The molecule has 1 aromatic heterocycles. The highest BCUT2D eigenvalue weighted by Gasteiger charge is 2.13. The van der Waals surface area contributed by atoms with Crippen molar-refractivity contribution in [2.75, 3.05) is 0 Å². The number of aryl methyl sites for hydroxylation is 1. The van der Waals surface area contributed by atoms with Crippen LogP contribution < -0.4 is 0 Å². The van der Waals surface area contributed by atoms with Crippen LogP contribution in [0.3, 0.4) is 0 Å². The summed E-state index contributed by atoms with van der Waals surface area (Å²) in [6, 6.07) is 2.05. The first-order chi connectivity index (χ1) is 6.77. The van der Waals surface area contributed by atoms with Gasteiger partial charge in [0, 0.05) is 12.4 Å². The van der Waals surface area contributed by atoms with Crippen LogP contribution in [0, 0.1) is 6.92 Å². The minimum atomic E-state index is 0.207. The minimum absolute atomic E-state index is 0.207. The van der Waals surface area contributed by atoms with Gasteiger partial charge in [0.05, 0.1) is 5.38 Å². The van der Waals surface area contributed by atoms with E-state index in [1.54, 1.807) is 0 Å².